The first-order valence-corrected chi connectivity index (χ1v) is 14.0. The monoisotopic (exact) mass is 620 g/mol. The van der Waals surface area contributed by atoms with E-state index in [4.69, 9.17) is 4.98 Å². The van der Waals surface area contributed by atoms with Crippen molar-refractivity contribution in [3.63, 3.8) is 0 Å². The summed E-state index contributed by atoms with van der Waals surface area (Å²) in [5.41, 5.74) is 4.03. The second-order valence-corrected chi connectivity index (χ2v) is 11.5. The smallest absolute Gasteiger partial charge is 0.404 e. The molecule has 4 heterocycles. The SMILES string of the molecule is N#CC(C#N)=C1c2cc(OC(F)(F)F)cnc2-c2c1sc1c3c(sc21)C(=C(C#N)C#N)c1cc(-c2ccc(F)cc2)cnc1-3. The first-order valence-electron chi connectivity index (χ1n) is 12.4. The molecule has 0 unspecified atom stereocenters. The molecule has 2 aliphatic carbocycles. The molecule has 0 N–H and O–H groups in total. The third-order valence-corrected chi connectivity index (χ3v) is 9.68. The zero-order valence-electron chi connectivity index (χ0n) is 21.5. The number of hydrogen-bond acceptors (Lipinski definition) is 9. The van der Waals surface area contributed by atoms with Crippen LogP contribution >= 0.6 is 22.7 Å². The lowest BCUT2D eigenvalue weighted by Crippen LogP contribution is -2.17. The Labute approximate surface area is 252 Å². The molecule has 0 fully saturated rings. The number of aromatic nitrogens is 2. The lowest BCUT2D eigenvalue weighted by Gasteiger charge is -2.10. The Morgan fingerprint density at radius 1 is 0.705 bits per heavy atom. The van der Waals surface area contributed by atoms with Crippen molar-refractivity contribution in [1.29, 1.82) is 21.0 Å². The van der Waals surface area contributed by atoms with Crippen LogP contribution in [-0.2, 0) is 0 Å². The molecule has 5 aromatic rings. The Morgan fingerprint density at radius 3 is 1.70 bits per heavy atom. The minimum absolute atomic E-state index is 0.141. The van der Waals surface area contributed by atoms with Crippen LogP contribution in [0.2, 0.25) is 0 Å². The van der Waals surface area contributed by atoms with Gasteiger partial charge in [-0.1, -0.05) is 12.1 Å². The molecule has 1 aromatic carbocycles. The maximum atomic E-state index is 13.5. The number of ether oxygens (including phenoxy) is 1. The van der Waals surface area contributed by atoms with Crippen LogP contribution in [0.25, 0.3) is 54.2 Å². The van der Waals surface area contributed by atoms with Crippen LogP contribution in [0, 0.1) is 51.1 Å². The molecule has 2 aliphatic rings. The van der Waals surface area contributed by atoms with Gasteiger partial charge >= 0.3 is 6.36 Å². The van der Waals surface area contributed by atoms with E-state index in [9.17, 15) is 38.6 Å². The van der Waals surface area contributed by atoms with Gasteiger partial charge in [-0.3, -0.25) is 9.97 Å². The van der Waals surface area contributed by atoms with E-state index in [0.717, 1.165) is 12.3 Å². The number of halogens is 4. The summed E-state index contributed by atoms with van der Waals surface area (Å²) in [5, 5.41) is 39.2. The summed E-state index contributed by atoms with van der Waals surface area (Å²) in [6, 6.07) is 16.3. The fourth-order valence-electron chi connectivity index (χ4n) is 5.41. The summed E-state index contributed by atoms with van der Waals surface area (Å²) in [5.74, 6) is -1.00. The number of allylic oxidation sites excluding steroid dienone is 2. The van der Waals surface area contributed by atoms with E-state index >= 15 is 0 Å². The normalized spacial score (nSPS) is 12.4. The number of fused-ring (bicyclic) bond motifs is 9. The average molecular weight is 621 g/mol. The lowest BCUT2D eigenvalue weighted by molar-refractivity contribution is -0.274. The Hall–Kier alpha value is -5.86. The highest BCUT2D eigenvalue weighted by Crippen LogP contribution is 2.61. The first-order chi connectivity index (χ1) is 21.2. The van der Waals surface area contributed by atoms with Gasteiger partial charge in [0.05, 0.1) is 27.0 Å². The average Bonchev–Trinajstić information content (AvgIpc) is 3.70. The Balaban J connectivity index is 1.50. The summed E-state index contributed by atoms with van der Waals surface area (Å²) >= 11 is 2.47. The fraction of sp³-hybridized carbons (Fsp3) is 0.0323. The van der Waals surface area contributed by atoms with Crippen molar-refractivity contribution in [3.8, 4) is 63.7 Å². The van der Waals surface area contributed by atoms with Gasteiger partial charge in [0.25, 0.3) is 0 Å². The summed E-state index contributed by atoms with van der Waals surface area (Å²) < 4.78 is 57.9. The molecule has 208 valence electrons. The molecule has 7 rings (SSSR count). The van der Waals surface area contributed by atoms with Gasteiger partial charge in [-0.05, 0) is 29.8 Å². The molecule has 0 amide bonds. The number of hydrogen-bond donors (Lipinski definition) is 0. The zero-order valence-corrected chi connectivity index (χ0v) is 23.2. The van der Waals surface area contributed by atoms with Crippen molar-refractivity contribution in [3.05, 3.63) is 86.6 Å². The Morgan fingerprint density at radius 2 is 1.20 bits per heavy atom. The summed E-state index contributed by atoms with van der Waals surface area (Å²) in [6.07, 6.45) is -2.45. The van der Waals surface area contributed by atoms with Gasteiger partial charge in [0.2, 0.25) is 0 Å². The molecule has 7 nitrogen and oxygen atoms in total. The summed E-state index contributed by atoms with van der Waals surface area (Å²) in [4.78, 5) is 10.0. The molecule has 4 aromatic heterocycles. The molecule has 0 atom stereocenters. The van der Waals surface area contributed by atoms with Gasteiger partial charge < -0.3 is 4.74 Å². The van der Waals surface area contributed by atoms with E-state index in [2.05, 4.69) is 9.72 Å². The highest BCUT2D eigenvalue weighted by atomic mass is 32.1. The maximum Gasteiger partial charge on any atom is 0.573 e. The first kappa shape index (κ1) is 27.0. The molecule has 0 aliphatic heterocycles. The minimum Gasteiger partial charge on any atom is -0.404 e. The molecule has 0 saturated heterocycles. The van der Waals surface area contributed by atoms with Gasteiger partial charge in [0, 0.05) is 54.9 Å². The van der Waals surface area contributed by atoms with Crippen molar-refractivity contribution in [2.24, 2.45) is 0 Å². The van der Waals surface area contributed by atoms with E-state index in [-0.39, 0.29) is 28.0 Å². The number of nitriles is 4. The van der Waals surface area contributed by atoms with Crippen LogP contribution in [0.3, 0.4) is 0 Å². The van der Waals surface area contributed by atoms with Crippen LogP contribution in [0.4, 0.5) is 17.6 Å². The molecule has 0 bridgehead atoms. The number of rotatable bonds is 2. The van der Waals surface area contributed by atoms with Crippen molar-refractivity contribution in [2.75, 3.05) is 0 Å². The number of alkyl halides is 3. The number of thiophene rings is 2. The van der Waals surface area contributed by atoms with Crippen molar-refractivity contribution in [2.45, 2.75) is 6.36 Å². The second-order valence-electron chi connectivity index (χ2n) is 9.46. The third kappa shape index (κ3) is 3.89. The second kappa shape index (κ2) is 9.58. The molecule has 13 heteroatoms. The van der Waals surface area contributed by atoms with Gasteiger partial charge in [-0.2, -0.15) is 21.0 Å². The van der Waals surface area contributed by atoms with Gasteiger partial charge in [-0.25, -0.2) is 4.39 Å². The minimum atomic E-state index is -4.97. The molecule has 0 saturated carbocycles. The van der Waals surface area contributed by atoms with Crippen LogP contribution in [-0.4, -0.2) is 16.3 Å². The van der Waals surface area contributed by atoms with E-state index in [0.29, 0.717) is 58.2 Å². The van der Waals surface area contributed by atoms with Gasteiger partial charge in [-0.15, -0.1) is 35.8 Å². The Kier molecular flexibility index (Phi) is 5.88. The molecular weight excluding hydrogens is 613 g/mol. The zero-order chi connectivity index (χ0) is 30.9. The third-order valence-electron chi connectivity index (χ3n) is 7.10. The molecule has 0 radical (unpaired) electrons. The predicted molar refractivity (Wildman–Crippen MR) is 153 cm³/mol. The van der Waals surface area contributed by atoms with Crippen LogP contribution in [0.15, 0.2) is 59.9 Å². The van der Waals surface area contributed by atoms with Crippen LogP contribution in [0.1, 0.15) is 20.9 Å². The van der Waals surface area contributed by atoms with Crippen molar-refractivity contribution in [1.82, 2.24) is 9.97 Å². The molecule has 0 spiro atoms. The highest BCUT2D eigenvalue weighted by Gasteiger charge is 2.40. The fourth-order valence-corrected chi connectivity index (χ4v) is 8.42. The van der Waals surface area contributed by atoms with Crippen molar-refractivity contribution >= 4 is 43.2 Å². The van der Waals surface area contributed by atoms with Gasteiger partial charge in [0.1, 0.15) is 47.0 Å². The number of nitrogens with zero attached hydrogens (tertiary/aromatic N) is 6. The highest BCUT2D eigenvalue weighted by molar-refractivity contribution is 7.31. The topological polar surface area (TPSA) is 130 Å². The predicted octanol–water partition coefficient (Wildman–Crippen LogP) is 8.12. The maximum absolute atomic E-state index is 13.5. The quantitative estimate of drug-likeness (QED) is 0.141. The van der Waals surface area contributed by atoms with E-state index < -0.39 is 17.9 Å². The van der Waals surface area contributed by atoms with Crippen molar-refractivity contribution < 1.29 is 22.3 Å². The lowest BCUT2D eigenvalue weighted by atomic mass is 10.00. The summed E-state index contributed by atoms with van der Waals surface area (Å²) in [7, 11) is 0. The molecule has 44 heavy (non-hydrogen) atoms. The van der Waals surface area contributed by atoms with Gasteiger partial charge in [0.15, 0.2) is 0 Å². The van der Waals surface area contributed by atoms with E-state index in [1.54, 1.807) is 24.4 Å². The molecular formula is C31H8F4N6OS2. The number of benzene rings is 1. The van der Waals surface area contributed by atoms with Crippen LogP contribution in [0.5, 0.6) is 5.75 Å². The largest absolute Gasteiger partial charge is 0.573 e. The van der Waals surface area contributed by atoms with Crippen LogP contribution < -0.4 is 4.74 Å². The number of pyridine rings is 2. The van der Waals surface area contributed by atoms with E-state index in [1.807, 2.05) is 24.3 Å². The standard InChI is InChI=1S/C31H8F4N6OS2/c32-17-3-1-13(2-4-17)14-5-19-21(15(7-36)8-37)27-23(25(19)40-11-14)29-30(43-27)24-26-20(6-18(12-41-26)42-31(33,34)35)22(28(24)44-29)16(9-38)10-39/h1-6,11-12H. The summed E-state index contributed by atoms with van der Waals surface area (Å²) in [6.45, 7) is 0. The van der Waals surface area contributed by atoms with E-state index in [1.165, 1.54) is 34.8 Å². The Bertz CT molecular complexity index is 2320.